The summed E-state index contributed by atoms with van der Waals surface area (Å²) in [7, 11) is 0. The van der Waals surface area contributed by atoms with E-state index in [9.17, 15) is 0 Å². The molecule has 1 heterocycles. The topological polar surface area (TPSA) is 55.9 Å². The molecule has 4 nitrogen and oxygen atoms in total. The smallest absolute Gasteiger partial charge is 0.0738 e. The number of nitrogens with zero attached hydrogens (tertiary/aromatic N) is 2. The molecule has 0 aliphatic carbocycles. The second-order valence-corrected chi connectivity index (χ2v) is 6.75. The minimum Gasteiger partial charge on any atom is -0.271 e. The summed E-state index contributed by atoms with van der Waals surface area (Å²) in [6.07, 6.45) is 0.696. The highest BCUT2D eigenvalue weighted by molar-refractivity contribution is 9.10. The fourth-order valence-electron chi connectivity index (χ4n) is 2.31. The van der Waals surface area contributed by atoms with Gasteiger partial charge in [0.15, 0.2) is 0 Å². The second kappa shape index (κ2) is 7.24. The third-order valence-corrected chi connectivity index (χ3v) is 5.75. The summed E-state index contributed by atoms with van der Waals surface area (Å²) in [5.41, 5.74) is 5.90. The van der Waals surface area contributed by atoms with Crippen molar-refractivity contribution in [3.8, 4) is 0 Å². The van der Waals surface area contributed by atoms with Crippen molar-refractivity contribution < 1.29 is 0 Å². The third-order valence-electron chi connectivity index (χ3n) is 3.41. The van der Waals surface area contributed by atoms with Crippen LogP contribution in [0.5, 0.6) is 0 Å². The highest BCUT2D eigenvalue weighted by atomic mass is 79.9. The molecule has 1 atom stereocenters. The van der Waals surface area contributed by atoms with E-state index >= 15 is 0 Å². The molecule has 0 saturated carbocycles. The highest BCUT2D eigenvalue weighted by Crippen LogP contribution is 2.33. The Bertz CT molecular complexity index is 642. The van der Waals surface area contributed by atoms with E-state index in [2.05, 4.69) is 49.3 Å². The lowest BCUT2D eigenvalue weighted by Crippen LogP contribution is -2.30. The normalized spacial score (nSPS) is 12.7. The number of halogens is 3. The molecule has 21 heavy (non-hydrogen) atoms. The highest BCUT2D eigenvalue weighted by Gasteiger charge is 2.20. The monoisotopic (exact) mass is 434 g/mol. The fraction of sp³-hybridized carbons (Fsp3) is 0.357. The van der Waals surface area contributed by atoms with Gasteiger partial charge in [-0.2, -0.15) is 5.10 Å². The first-order valence-corrected chi connectivity index (χ1v) is 8.57. The molecule has 3 N–H and O–H groups in total. The summed E-state index contributed by atoms with van der Waals surface area (Å²) < 4.78 is 3.87. The molecule has 114 valence electrons. The molecule has 7 heteroatoms. The summed E-state index contributed by atoms with van der Waals surface area (Å²) in [6.45, 7) is 4.86. The predicted molar refractivity (Wildman–Crippen MR) is 93.3 cm³/mol. The van der Waals surface area contributed by atoms with Gasteiger partial charge in [0.1, 0.15) is 0 Å². The van der Waals surface area contributed by atoms with Gasteiger partial charge in [-0.3, -0.25) is 16.0 Å². The molecule has 0 aliphatic heterocycles. The van der Waals surface area contributed by atoms with E-state index in [4.69, 9.17) is 17.4 Å². The van der Waals surface area contributed by atoms with E-state index in [1.54, 1.807) is 0 Å². The Morgan fingerprint density at radius 2 is 2.14 bits per heavy atom. The van der Waals surface area contributed by atoms with Gasteiger partial charge >= 0.3 is 0 Å². The van der Waals surface area contributed by atoms with Crippen molar-refractivity contribution >= 4 is 43.5 Å². The number of hydrogen-bond acceptors (Lipinski definition) is 3. The van der Waals surface area contributed by atoms with Crippen LogP contribution in [-0.4, -0.2) is 9.78 Å². The largest absolute Gasteiger partial charge is 0.271 e. The molecule has 2 rings (SSSR count). The van der Waals surface area contributed by atoms with Gasteiger partial charge in [-0.05, 0) is 57.3 Å². The van der Waals surface area contributed by atoms with E-state index in [1.807, 2.05) is 29.8 Å². The van der Waals surface area contributed by atoms with Crippen molar-refractivity contribution in [3.05, 3.63) is 49.1 Å². The van der Waals surface area contributed by atoms with Crippen LogP contribution in [0.1, 0.15) is 29.9 Å². The maximum atomic E-state index is 6.38. The number of aromatic nitrogens is 2. The van der Waals surface area contributed by atoms with Crippen LogP contribution in [-0.2, 0) is 13.0 Å². The van der Waals surface area contributed by atoms with Gasteiger partial charge in [-0.15, -0.1) is 0 Å². The number of rotatable bonds is 5. The summed E-state index contributed by atoms with van der Waals surface area (Å²) in [4.78, 5) is 0. The number of aryl methyl sites for hydroxylation is 2. The van der Waals surface area contributed by atoms with Crippen LogP contribution < -0.4 is 11.3 Å². The van der Waals surface area contributed by atoms with Gasteiger partial charge in [0.25, 0.3) is 0 Å². The van der Waals surface area contributed by atoms with Crippen LogP contribution in [0, 0.1) is 6.92 Å². The third kappa shape index (κ3) is 3.51. The number of hydrazine groups is 1. The summed E-state index contributed by atoms with van der Waals surface area (Å²) in [6, 6.07) is 5.75. The van der Waals surface area contributed by atoms with Gasteiger partial charge in [0.2, 0.25) is 0 Å². The Morgan fingerprint density at radius 1 is 1.43 bits per heavy atom. The van der Waals surface area contributed by atoms with Crippen molar-refractivity contribution in [2.45, 2.75) is 32.9 Å². The molecule has 0 spiro atoms. The maximum absolute atomic E-state index is 6.38. The van der Waals surface area contributed by atoms with Crippen molar-refractivity contribution in [1.82, 2.24) is 15.2 Å². The summed E-state index contributed by atoms with van der Waals surface area (Å²) in [5, 5.41) is 5.19. The molecule has 2 aromatic rings. The van der Waals surface area contributed by atoms with E-state index < -0.39 is 0 Å². The van der Waals surface area contributed by atoms with Crippen LogP contribution in [0.4, 0.5) is 0 Å². The first-order valence-electron chi connectivity index (χ1n) is 6.61. The van der Waals surface area contributed by atoms with Gasteiger partial charge in [-0.25, -0.2) is 0 Å². The lowest BCUT2D eigenvalue weighted by Gasteiger charge is -2.19. The molecule has 1 aromatic heterocycles. The van der Waals surface area contributed by atoms with Crippen molar-refractivity contribution in [1.29, 1.82) is 0 Å². The summed E-state index contributed by atoms with van der Waals surface area (Å²) in [5.74, 6) is 5.75. The van der Waals surface area contributed by atoms with E-state index in [0.29, 0.717) is 11.4 Å². The van der Waals surface area contributed by atoms with Crippen LogP contribution in [0.3, 0.4) is 0 Å². The standard InChI is InChI=1S/C14H17Br2ClN4/c1-3-21-12(13(16)8(2)20-21)7-11(19-18)9-5-4-6-10(15)14(9)17/h4-6,11,19H,3,7,18H2,1-2H3. The number of nitrogens with one attached hydrogen (secondary N) is 1. The number of benzene rings is 1. The van der Waals surface area contributed by atoms with Gasteiger partial charge in [0, 0.05) is 17.4 Å². The predicted octanol–water partition coefficient (Wildman–Crippen LogP) is 4.14. The van der Waals surface area contributed by atoms with Gasteiger partial charge in [0.05, 0.1) is 26.9 Å². The molecule has 1 unspecified atom stereocenters. The molecule has 0 saturated heterocycles. The Labute approximate surface area is 146 Å². The van der Waals surface area contributed by atoms with Crippen LogP contribution in [0.15, 0.2) is 27.1 Å². The zero-order valence-corrected chi connectivity index (χ0v) is 15.8. The molecule has 0 aliphatic rings. The lowest BCUT2D eigenvalue weighted by molar-refractivity contribution is 0.516. The summed E-state index contributed by atoms with van der Waals surface area (Å²) >= 11 is 13.4. The Morgan fingerprint density at radius 3 is 2.76 bits per heavy atom. The van der Waals surface area contributed by atoms with E-state index in [0.717, 1.165) is 32.4 Å². The average molecular weight is 437 g/mol. The minimum absolute atomic E-state index is 0.0901. The number of hydrogen-bond donors (Lipinski definition) is 2. The van der Waals surface area contributed by atoms with E-state index in [1.165, 1.54) is 0 Å². The Balaban J connectivity index is 2.38. The molecule has 0 fully saturated rings. The quantitative estimate of drug-likeness (QED) is 0.547. The molecular weight excluding hydrogens is 419 g/mol. The minimum atomic E-state index is -0.0901. The lowest BCUT2D eigenvalue weighted by atomic mass is 10.0. The molecule has 0 amide bonds. The first kappa shape index (κ1) is 17.0. The van der Waals surface area contributed by atoms with Crippen LogP contribution in [0.25, 0.3) is 0 Å². The zero-order chi connectivity index (χ0) is 15.6. The van der Waals surface area contributed by atoms with Crippen LogP contribution >= 0.6 is 43.5 Å². The second-order valence-electron chi connectivity index (χ2n) is 4.73. The SMILES string of the molecule is CCn1nc(C)c(Br)c1CC(NN)c1cccc(Br)c1Cl. The number of nitrogens with two attached hydrogens (primary N) is 1. The van der Waals surface area contributed by atoms with Gasteiger partial charge < -0.3 is 0 Å². The molecular formula is C14H17Br2ClN4. The average Bonchev–Trinajstić information content (AvgIpc) is 2.75. The van der Waals surface area contributed by atoms with Crippen molar-refractivity contribution in [3.63, 3.8) is 0 Å². The molecule has 1 aromatic carbocycles. The van der Waals surface area contributed by atoms with Crippen molar-refractivity contribution in [2.24, 2.45) is 5.84 Å². The Hall–Kier alpha value is -0.400. The molecule has 0 bridgehead atoms. The molecule has 0 radical (unpaired) electrons. The van der Waals surface area contributed by atoms with Crippen molar-refractivity contribution in [2.75, 3.05) is 0 Å². The fourth-order valence-corrected chi connectivity index (χ4v) is 3.39. The van der Waals surface area contributed by atoms with Crippen LogP contribution in [0.2, 0.25) is 5.02 Å². The Kier molecular flexibility index (Phi) is 5.85. The van der Waals surface area contributed by atoms with E-state index in [-0.39, 0.29) is 6.04 Å². The zero-order valence-electron chi connectivity index (χ0n) is 11.8. The van der Waals surface area contributed by atoms with Gasteiger partial charge in [-0.1, -0.05) is 23.7 Å². The maximum Gasteiger partial charge on any atom is 0.0738 e. The first-order chi connectivity index (χ1) is 9.99.